The summed E-state index contributed by atoms with van der Waals surface area (Å²) in [6.45, 7) is 8.03. The van der Waals surface area contributed by atoms with Gasteiger partial charge in [0.1, 0.15) is 18.1 Å². The second kappa shape index (κ2) is 14.9. The highest BCUT2D eigenvalue weighted by molar-refractivity contribution is 5.77. The van der Waals surface area contributed by atoms with Crippen molar-refractivity contribution in [1.29, 1.82) is 0 Å². The third-order valence-electron chi connectivity index (χ3n) is 7.49. The number of esters is 4. The van der Waals surface area contributed by atoms with E-state index in [0.29, 0.717) is 12.4 Å². The number of carbonyl (C=O) groups excluding carboxylic acids is 4. The minimum Gasteiger partial charge on any atom is -0.489 e. The van der Waals surface area contributed by atoms with Gasteiger partial charge in [0.25, 0.3) is 0 Å². The Bertz CT molecular complexity index is 1500. The number of methoxy groups -OCH3 is 1. The molecule has 0 bridgehead atoms. The van der Waals surface area contributed by atoms with E-state index in [4.69, 9.17) is 33.2 Å². The lowest BCUT2D eigenvalue weighted by Gasteiger charge is -2.43. The van der Waals surface area contributed by atoms with Crippen LogP contribution in [0.15, 0.2) is 78.9 Å². The Morgan fingerprint density at radius 1 is 0.674 bits per heavy atom. The minimum absolute atomic E-state index is 0.308. The fourth-order valence-electron chi connectivity index (χ4n) is 5.13. The van der Waals surface area contributed by atoms with Crippen molar-refractivity contribution in [3.8, 4) is 11.5 Å². The van der Waals surface area contributed by atoms with Crippen LogP contribution in [-0.2, 0) is 54.9 Å². The molecule has 5 atom stereocenters. The fraction of sp³-hybridized carbons (Fsp3) is 0.371. The molecule has 3 aromatic carbocycles. The summed E-state index contributed by atoms with van der Waals surface area (Å²) >= 11 is 0. The number of ether oxygens (including phenoxy) is 7. The maximum absolute atomic E-state index is 12.7. The summed E-state index contributed by atoms with van der Waals surface area (Å²) in [7, 11) is 1.12. The molecular formula is C35H38O11. The molecule has 0 aliphatic carbocycles. The maximum atomic E-state index is 12.7. The lowest BCUT2D eigenvalue weighted by atomic mass is 9.78. The zero-order valence-electron chi connectivity index (χ0n) is 26.6. The van der Waals surface area contributed by atoms with Crippen molar-refractivity contribution >= 4 is 23.9 Å². The summed E-state index contributed by atoms with van der Waals surface area (Å²) in [6, 6.07) is 25.0. The Morgan fingerprint density at radius 3 is 1.70 bits per heavy atom. The van der Waals surface area contributed by atoms with Crippen LogP contribution in [0.1, 0.15) is 51.3 Å². The smallest absolute Gasteiger partial charge is 0.339 e. The van der Waals surface area contributed by atoms with Gasteiger partial charge in [-0.1, -0.05) is 68.4 Å². The molecular weight excluding hydrogens is 596 g/mol. The van der Waals surface area contributed by atoms with Crippen LogP contribution in [-0.4, -0.2) is 61.7 Å². The van der Waals surface area contributed by atoms with Gasteiger partial charge in [-0.2, -0.15) is 0 Å². The third-order valence-corrected chi connectivity index (χ3v) is 7.49. The van der Waals surface area contributed by atoms with E-state index < -0.39 is 60.0 Å². The summed E-state index contributed by atoms with van der Waals surface area (Å²) in [5, 5.41) is 0. The molecule has 244 valence electrons. The standard InChI is InChI=1S/C35H38O11/c1-21(36)42-29-30(43-22(2)37)32(44-23(3)38)34(46-31(29)33(39)40-6)45-28-18-14-26(15-19-28)35(4,5)25-12-16-27(17-13-25)41-20-24-10-8-7-9-11-24/h7-19,29-32,34H,20H2,1-6H3/t29-,30-,31-,32+,34+/m0/s1. The van der Waals surface area contributed by atoms with Crippen LogP contribution < -0.4 is 9.47 Å². The van der Waals surface area contributed by atoms with E-state index >= 15 is 0 Å². The summed E-state index contributed by atoms with van der Waals surface area (Å²) in [5.41, 5.74) is 2.71. The van der Waals surface area contributed by atoms with Crippen LogP contribution in [0.4, 0.5) is 0 Å². The van der Waals surface area contributed by atoms with E-state index in [9.17, 15) is 19.2 Å². The molecule has 3 aromatic rings. The van der Waals surface area contributed by atoms with E-state index in [1.165, 1.54) is 0 Å². The number of carbonyl (C=O) groups is 4. The highest BCUT2D eigenvalue weighted by Crippen LogP contribution is 2.35. The topological polar surface area (TPSA) is 133 Å². The van der Waals surface area contributed by atoms with Gasteiger partial charge < -0.3 is 33.2 Å². The molecule has 0 radical (unpaired) electrons. The van der Waals surface area contributed by atoms with Crippen LogP contribution in [0.5, 0.6) is 11.5 Å². The van der Waals surface area contributed by atoms with Gasteiger partial charge in [-0.15, -0.1) is 0 Å². The highest BCUT2D eigenvalue weighted by atomic mass is 16.7. The minimum atomic E-state index is -1.55. The van der Waals surface area contributed by atoms with Gasteiger partial charge in [0.05, 0.1) is 7.11 Å². The molecule has 1 aliphatic heterocycles. The Hall–Kier alpha value is -4.90. The van der Waals surface area contributed by atoms with E-state index in [-0.39, 0.29) is 0 Å². The van der Waals surface area contributed by atoms with Crippen molar-refractivity contribution in [1.82, 2.24) is 0 Å². The number of benzene rings is 3. The first-order chi connectivity index (χ1) is 21.9. The Morgan fingerprint density at radius 2 is 1.17 bits per heavy atom. The van der Waals surface area contributed by atoms with Gasteiger partial charge in [0, 0.05) is 26.2 Å². The number of hydrogen-bond acceptors (Lipinski definition) is 11. The second-order valence-electron chi connectivity index (χ2n) is 11.2. The molecule has 11 heteroatoms. The van der Waals surface area contributed by atoms with Gasteiger partial charge >= 0.3 is 23.9 Å². The quantitative estimate of drug-likeness (QED) is 0.215. The van der Waals surface area contributed by atoms with Crippen LogP contribution >= 0.6 is 0 Å². The molecule has 0 N–H and O–H groups in total. The van der Waals surface area contributed by atoms with Crippen molar-refractivity contribution in [3.05, 3.63) is 95.6 Å². The Kier molecular flexibility index (Phi) is 11.0. The molecule has 1 saturated heterocycles. The normalized spacial score (nSPS) is 21.0. The Labute approximate surface area is 267 Å². The molecule has 1 heterocycles. The largest absolute Gasteiger partial charge is 0.489 e. The van der Waals surface area contributed by atoms with Gasteiger partial charge in [0.15, 0.2) is 18.3 Å². The SMILES string of the molecule is COC(=O)[C@H]1O[C@@H](Oc2ccc(C(C)(C)c3ccc(OCc4ccccc4)cc3)cc2)[C@H](OC(C)=O)[C@@H](OC(C)=O)[C@@H]1OC(C)=O. The lowest BCUT2D eigenvalue weighted by molar-refractivity contribution is -0.282. The summed E-state index contributed by atoms with van der Waals surface area (Å²) in [6.07, 6.45) is -7.30. The average molecular weight is 635 g/mol. The van der Waals surface area contributed by atoms with Gasteiger partial charge in [-0.05, 0) is 41.0 Å². The van der Waals surface area contributed by atoms with Gasteiger partial charge in [-0.25, -0.2) is 4.79 Å². The van der Waals surface area contributed by atoms with Crippen molar-refractivity contribution in [2.45, 2.75) is 77.3 Å². The third kappa shape index (κ3) is 8.42. The molecule has 0 amide bonds. The van der Waals surface area contributed by atoms with E-state index in [0.717, 1.165) is 50.3 Å². The molecule has 11 nitrogen and oxygen atoms in total. The molecule has 0 unspecified atom stereocenters. The fourth-order valence-corrected chi connectivity index (χ4v) is 5.13. The molecule has 4 rings (SSSR count). The van der Waals surface area contributed by atoms with Crippen molar-refractivity contribution in [2.75, 3.05) is 7.11 Å². The van der Waals surface area contributed by atoms with E-state index in [2.05, 4.69) is 13.8 Å². The number of hydrogen-bond donors (Lipinski definition) is 0. The molecule has 0 spiro atoms. The summed E-state index contributed by atoms with van der Waals surface area (Å²) < 4.78 is 38.8. The van der Waals surface area contributed by atoms with Crippen LogP contribution in [0.2, 0.25) is 0 Å². The van der Waals surface area contributed by atoms with Crippen molar-refractivity contribution < 1.29 is 52.3 Å². The van der Waals surface area contributed by atoms with Crippen molar-refractivity contribution in [2.24, 2.45) is 0 Å². The summed E-state index contributed by atoms with van der Waals surface area (Å²) in [4.78, 5) is 48.7. The second-order valence-corrected chi connectivity index (χ2v) is 11.2. The van der Waals surface area contributed by atoms with Crippen LogP contribution in [0.25, 0.3) is 0 Å². The zero-order valence-corrected chi connectivity index (χ0v) is 26.6. The maximum Gasteiger partial charge on any atom is 0.339 e. The first-order valence-corrected chi connectivity index (χ1v) is 14.7. The van der Waals surface area contributed by atoms with Crippen LogP contribution in [0, 0.1) is 0 Å². The average Bonchev–Trinajstić information content (AvgIpc) is 3.02. The zero-order chi connectivity index (χ0) is 33.4. The van der Waals surface area contributed by atoms with Crippen molar-refractivity contribution in [3.63, 3.8) is 0 Å². The van der Waals surface area contributed by atoms with Crippen LogP contribution in [0.3, 0.4) is 0 Å². The Balaban J connectivity index is 1.54. The molecule has 0 aromatic heterocycles. The molecule has 1 fully saturated rings. The highest BCUT2D eigenvalue weighted by Gasteiger charge is 2.55. The van der Waals surface area contributed by atoms with E-state index in [1.54, 1.807) is 12.1 Å². The summed E-state index contributed by atoms with van der Waals surface area (Å²) in [5.74, 6) is -2.14. The first-order valence-electron chi connectivity index (χ1n) is 14.7. The lowest BCUT2D eigenvalue weighted by Crippen LogP contribution is -2.64. The van der Waals surface area contributed by atoms with E-state index in [1.807, 2.05) is 66.7 Å². The first kappa shape index (κ1) is 34.0. The monoisotopic (exact) mass is 634 g/mol. The molecule has 1 aliphatic rings. The predicted octanol–water partition coefficient (Wildman–Crippen LogP) is 4.66. The van der Waals surface area contributed by atoms with Gasteiger partial charge in [0.2, 0.25) is 12.4 Å². The molecule has 0 saturated carbocycles. The molecule has 46 heavy (non-hydrogen) atoms. The predicted molar refractivity (Wildman–Crippen MR) is 164 cm³/mol. The van der Waals surface area contributed by atoms with Gasteiger partial charge in [-0.3, -0.25) is 14.4 Å². The number of rotatable bonds is 11.